The topological polar surface area (TPSA) is 46.6 Å². The fraction of sp³-hybridized carbons (Fsp3) is 0.227. The second kappa shape index (κ2) is 9.65. The summed E-state index contributed by atoms with van der Waals surface area (Å²) in [6.45, 7) is 2.35. The molecule has 0 unspecified atom stereocenters. The van der Waals surface area contributed by atoms with Gasteiger partial charge in [-0.1, -0.05) is 55.5 Å². The van der Waals surface area contributed by atoms with E-state index in [-0.39, 0.29) is 14.9 Å². The summed E-state index contributed by atoms with van der Waals surface area (Å²) in [5, 5.41) is 0. The highest BCUT2D eigenvalue weighted by atomic mass is 32.2. The van der Waals surface area contributed by atoms with Crippen molar-refractivity contribution in [2.24, 2.45) is 0 Å². The quantitative estimate of drug-likeness (QED) is 0.224. The number of ether oxygens (including phenoxy) is 1. The molecule has 1 heterocycles. The Kier molecular flexibility index (Phi) is 7.17. The van der Waals surface area contributed by atoms with E-state index in [2.05, 4.69) is 0 Å². The molecule has 2 aromatic rings. The first-order chi connectivity index (χ1) is 14.7. The number of anilines is 1. The van der Waals surface area contributed by atoms with Crippen LogP contribution in [0, 0.1) is 0 Å². The molecule has 0 radical (unpaired) electrons. The minimum Gasteiger partial charge on any atom is -0.462 e. The van der Waals surface area contributed by atoms with E-state index in [4.69, 9.17) is 17.0 Å². The molecular formula is C22H18F3NO3S2. The lowest BCUT2D eigenvalue weighted by Crippen LogP contribution is -2.27. The van der Waals surface area contributed by atoms with Crippen molar-refractivity contribution < 1.29 is 27.5 Å². The van der Waals surface area contributed by atoms with Crippen molar-refractivity contribution in [3.63, 3.8) is 0 Å². The molecule has 0 atom stereocenters. The Morgan fingerprint density at radius 3 is 2.55 bits per heavy atom. The van der Waals surface area contributed by atoms with E-state index in [1.165, 1.54) is 12.1 Å². The second-order valence-electron chi connectivity index (χ2n) is 6.68. The monoisotopic (exact) mass is 465 g/mol. The average Bonchev–Trinajstić information content (AvgIpc) is 3.01. The molecule has 1 aliphatic rings. The van der Waals surface area contributed by atoms with Crippen LogP contribution in [0.25, 0.3) is 6.08 Å². The van der Waals surface area contributed by atoms with E-state index in [0.29, 0.717) is 17.7 Å². The summed E-state index contributed by atoms with van der Waals surface area (Å²) in [5.41, 5.74) is 0.245. The number of thioether (sulfide) groups is 1. The van der Waals surface area contributed by atoms with Gasteiger partial charge in [-0.25, -0.2) is 4.79 Å². The SMILES string of the molecule is CCCCOC(=O)c1ccc(/C=C2\SC(=S)N(c3cccc(C(F)(F)F)c3)C2=O)cc1. The molecule has 0 N–H and O–H groups in total. The van der Waals surface area contributed by atoms with Crippen LogP contribution in [0.15, 0.2) is 53.4 Å². The largest absolute Gasteiger partial charge is 0.462 e. The Bertz CT molecular complexity index is 1030. The zero-order valence-electron chi connectivity index (χ0n) is 16.4. The van der Waals surface area contributed by atoms with Crippen LogP contribution in [0.1, 0.15) is 41.3 Å². The molecule has 0 saturated carbocycles. The first-order valence-electron chi connectivity index (χ1n) is 9.43. The van der Waals surface area contributed by atoms with Crippen molar-refractivity contribution in [2.45, 2.75) is 25.9 Å². The lowest BCUT2D eigenvalue weighted by molar-refractivity contribution is -0.137. The summed E-state index contributed by atoms with van der Waals surface area (Å²) in [6, 6.07) is 11.0. The minimum atomic E-state index is -4.52. The molecule has 162 valence electrons. The van der Waals surface area contributed by atoms with Crippen LogP contribution in [0.5, 0.6) is 0 Å². The van der Waals surface area contributed by atoms with Crippen molar-refractivity contribution in [3.05, 3.63) is 70.1 Å². The Morgan fingerprint density at radius 1 is 1.19 bits per heavy atom. The first kappa shape index (κ1) is 23.0. The van der Waals surface area contributed by atoms with Gasteiger partial charge in [0.15, 0.2) is 4.32 Å². The van der Waals surface area contributed by atoms with Crippen LogP contribution in [0.3, 0.4) is 0 Å². The normalized spacial score (nSPS) is 15.6. The number of nitrogens with zero attached hydrogens (tertiary/aromatic N) is 1. The van der Waals surface area contributed by atoms with E-state index in [9.17, 15) is 22.8 Å². The Labute approximate surface area is 187 Å². The smallest absolute Gasteiger partial charge is 0.416 e. The lowest BCUT2D eigenvalue weighted by Gasteiger charge is -2.16. The van der Waals surface area contributed by atoms with Gasteiger partial charge >= 0.3 is 12.1 Å². The van der Waals surface area contributed by atoms with Gasteiger partial charge in [-0.2, -0.15) is 13.2 Å². The summed E-state index contributed by atoms with van der Waals surface area (Å²) in [4.78, 5) is 26.1. The van der Waals surface area contributed by atoms with Crippen LogP contribution < -0.4 is 4.90 Å². The number of halogens is 3. The molecule has 31 heavy (non-hydrogen) atoms. The molecule has 4 nitrogen and oxygen atoms in total. The van der Waals surface area contributed by atoms with E-state index in [1.807, 2.05) is 6.92 Å². The fourth-order valence-corrected chi connectivity index (χ4v) is 4.07. The number of esters is 1. The maximum absolute atomic E-state index is 13.0. The second-order valence-corrected chi connectivity index (χ2v) is 8.35. The number of carbonyl (C=O) groups is 2. The maximum Gasteiger partial charge on any atom is 0.416 e. The predicted molar refractivity (Wildman–Crippen MR) is 119 cm³/mol. The Morgan fingerprint density at radius 2 is 1.90 bits per heavy atom. The molecule has 1 fully saturated rings. The molecule has 1 saturated heterocycles. The highest BCUT2D eigenvalue weighted by Crippen LogP contribution is 2.38. The standard InChI is InChI=1S/C22H18F3NO3S2/c1-2-3-11-29-20(28)15-9-7-14(8-10-15)12-18-19(27)26(21(30)31-18)17-6-4-5-16(13-17)22(23,24)25/h4-10,12-13H,2-3,11H2,1H3/b18-12-. The van der Waals surface area contributed by atoms with Crippen molar-refractivity contribution in [1.29, 1.82) is 0 Å². The summed E-state index contributed by atoms with van der Waals surface area (Å²) in [5.74, 6) is -0.923. The third-order valence-electron chi connectivity index (χ3n) is 4.40. The number of alkyl halides is 3. The maximum atomic E-state index is 13.0. The van der Waals surface area contributed by atoms with Gasteiger partial charge in [0.1, 0.15) is 0 Å². The molecule has 0 spiro atoms. The number of rotatable bonds is 6. The van der Waals surface area contributed by atoms with E-state index in [0.717, 1.165) is 41.6 Å². The van der Waals surface area contributed by atoms with Gasteiger partial charge < -0.3 is 4.74 Å². The summed E-state index contributed by atoms with van der Waals surface area (Å²) in [6.07, 6.45) is -1.23. The molecule has 0 aromatic heterocycles. The number of amides is 1. The number of hydrogen-bond acceptors (Lipinski definition) is 5. The van der Waals surface area contributed by atoms with Gasteiger partial charge in [0.2, 0.25) is 0 Å². The Balaban J connectivity index is 1.77. The molecule has 0 bridgehead atoms. The van der Waals surface area contributed by atoms with Crippen molar-refractivity contribution in [2.75, 3.05) is 11.5 Å². The highest BCUT2D eigenvalue weighted by Gasteiger charge is 2.36. The van der Waals surface area contributed by atoms with E-state index < -0.39 is 23.6 Å². The van der Waals surface area contributed by atoms with Gasteiger partial charge in [-0.15, -0.1) is 0 Å². The van der Waals surface area contributed by atoms with Crippen LogP contribution in [-0.2, 0) is 15.7 Å². The molecule has 1 amide bonds. The lowest BCUT2D eigenvalue weighted by atomic mass is 10.1. The summed E-state index contributed by atoms with van der Waals surface area (Å²) >= 11 is 6.22. The van der Waals surface area contributed by atoms with Crippen molar-refractivity contribution in [1.82, 2.24) is 0 Å². The predicted octanol–water partition coefficient (Wildman–Crippen LogP) is 6.07. The van der Waals surface area contributed by atoms with Gasteiger partial charge in [-0.05, 0) is 48.4 Å². The number of unbranched alkanes of at least 4 members (excludes halogenated alkanes) is 1. The van der Waals surface area contributed by atoms with Gasteiger partial charge in [0.25, 0.3) is 5.91 Å². The summed E-state index contributed by atoms with van der Waals surface area (Å²) < 4.78 is 44.3. The van der Waals surface area contributed by atoms with Crippen LogP contribution in [-0.4, -0.2) is 22.8 Å². The van der Waals surface area contributed by atoms with Crippen molar-refractivity contribution >= 4 is 51.9 Å². The van der Waals surface area contributed by atoms with Crippen molar-refractivity contribution in [3.8, 4) is 0 Å². The van der Waals surface area contributed by atoms with E-state index in [1.54, 1.807) is 30.3 Å². The molecule has 3 rings (SSSR count). The number of hydrogen-bond donors (Lipinski definition) is 0. The number of thiocarbonyl (C=S) groups is 1. The molecule has 0 aliphatic carbocycles. The molecule has 1 aliphatic heterocycles. The zero-order valence-corrected chi connectivity index (χ0v) is 18.1. The number of carbonyl (C=O) groups excluding carboxylic acids is 2. The number of benzene rings is 2. The summed E-state index contributed by atoms with van der Waals surface area (Å²) in [7, 11) is 0. The Hall–Kier alpha value is -2.65. The average molecular weight is 466 g/mol. The first-order valence-corrected chi connectivity index (χ1v) is 10.7. The molecule has 9 heteroatoms. The molecule has 2 aromatic carbocycles. The zero-order chi connectivity index (χ0) is 22.6. The molecular weight excluding hydrogens is 447 g/mol. The van der Waals surface area contributed by atoms with Gasteiger partial charge in [-0.3, -0.25) is 9.69 Å². The highest BCUT2D eigenvalue weighted by molar-refractivity contribution is 8.27. The van der Waals surface area contributed by atoms with Crippen LogP contribution >= 0.6 is 24.0 Å². The van der Waals surface area contributed by atoms with Gasteiger partial charge in [0, 0.05) is 0 Å². The minimum absolute atomic E-state index is 0.0610. The van der Waals surface area contributed by atoms with Gasteiger partial charge in [0.05, 0.1) is 28.3 Å². The third kappa shape index (κ3) is 5.54. The van der Waals surface area contributed by atoms with Crippen LogP contribution in [0.4, 0.5) is 18.9 Å². The van der Waals surface area contributed by atoms with E-state index >= 15 is 0 Å². The third-order valence-corrected chi connectivity index (χ3v) is 5.70. The fourth-order valence-electron chi connectivity index (χ4n) is 2.77. The van der Waals surface area contributed by atoms with Crippen LogP contribution in [0.2, 0.25) is 0 Å².